The molecule has 1 saturated carbocycles. The summed E-state index contributed by atoms with van der Waals surface area (Å²) in [7, 11) is 0. The van der Waals surface area contributed by atoms with E-state index >= 15 is 0 Å². The van der Waals surface area contributed by atoms with Gasteiger partial charge in [0.15, 0.2) is 0 Å². The maximum absolute atomic E-state index is 12.2. The zero-order valence-corrected chi connectivity index (χ0v) is 11.2. The first-order chi connectivity index (χ1) is 9.08. The Balaban J connectivity index is 2.07. The van der Waals surface area contributed by atoms with Crippen molar-refractivity contribution in [3.05, 3.63) is 29.3 Å². The molecule has 2 N–H and O–H groups in total. The highest BCUT2D eigenvalue weighted by Crippen LogP contribution is 2.31. The number of halogens is 1. The minimum absolute atomic E-state index is 0.227. The molecule has 0 aliphatic heterocycles. The molecular formula is C14H16ClNO3. The number of carboxylic acid groups (broad SMARTS) is 1. The van der Waals surface area contributed by atoms with Crippen molar-refractivity contribution in [1.29, 1.82) is 0 Å². The minimum atomic E-state index is -0.883. The van der Waals surface area contributed by atoms with E-state index in [1.165, 1.54) is 0 Å². The van der Waals surface area contributed by atoms with E-state index in [1.54, 1.807) is 24.3 Å². The number of carbonyl (C=O) groups excluding carboxylic acids is 1. The Kier molecular flexibility index (Phi) is 4.43. The van der Waals surface area contributed by atoms with Crippen LogP contribution in [-0.2, 0) is 9.59 Å². The number of anilines is 1. The fourth-order valence-electron chi connectivity index (χ4n) is 2.54. The average Bonchev–Trinajstić information content (AvgIpc) is 2.38. The van der Waals surface area contributed by atoms with Gasteiger partial charge in [0.05, 0.1) is 11.8 Å². The summed E-state index contributed by atoms with van der Waals surface area (Å²) >= 11 is 5.85. The highest BCUT2D eigenvalue weighted by atomic mass is 35.5. The molecule has 1 aliphatic carbocycles. The molecule has 0 bridgehead atoms. The SMILES string of the molecule is O=C(O)[C@H]1CCCC[C@@H]1C(=O)Nc1cccc(Cl)c1. The van der Waals surface area contributed by atoms with Crippen LogP contribution < -0.4 is 5.32 Å². The fourth-order valence-corrected chi connectivity index (χ4v) is 2.73. The minimum Gasteiger partial charge on any atom is -0.481 e. The Hall–Kier alpha value is -1.55. The predicted octanol–water partition coefficient (Wildman–Crippen LogP) is 3.17. The zero-order chi connectivity index (χ0) is 13.8. The van der Waals surface area contributed by atoms with Crippen LogP contribution in [0.25, 0.3) is 0 Å². The Bertz CT molecular complexity index is 489. The topological polar surface area (TPSA) is 66.4 Å². The molecule has 2 atom stereocenters. The van der Waals surface area contributed by atoms with E-state index in [0.717, 1.165) is 12.8 Å². The molecule has 1 amide bonds. The molecule has 0 radical (unpaired) electrons. The predicted molar refractivity (Wildman–Crippen MR) is 73.2 cm³/mol. The number of carbonyl (C=O) groups is 2. The number of carboxylic acids is 1. The maximum atomic E-state index is 12.2. The van der Waals surface area contributed by atoms with E-state index < -0.39 is 17.8 Å². The Morgan fingerprint density at radius 1 is 1.21 bits per heavy atom. The molecule has 0 spiro atoms. The van der Waals surface area contributed by atoms with E-state index in [-0.39, 0.29) is 5.91 Å². The van der Waals surface area contributed by atoms with Crippen molar-refractivity contribution in [3.8, 4) is 0 Å². The molecule has 0 aromatic heterocycles. The molecule has 0 heterocycles. The molecular weight excluding hydrogens is 266 g/mol. The van der Waals surface area contributed by atoms with E-state index in [4.69, 9.17) is 16.7 Å². The van der Waals surface area contributed by atoms with Crippen LogP contribution in [0.5, 0.6) is 0 Å². The Labute approximate surface area is 116 Å². The van der Waals surface area contributed by atoms with Crippen LogP contribution in [0, 0.1) is 11.8 Å². The normalized spacial score (nSPS) is 22.8. The lowest BCUT2D eigenvalue weighted by molar-refractivity contribution is -0.147. The number of nitrogens with one attached hydrogen (secondary N) is 1. The quantitative estimate of drug-likeness (QED) is 0.894. The van der Waals surface area contributed by atoms with Crippen molar-refractivity contribution >= 4 is 29.2 Å². The van der Waals surface area contributed by atoms with Gasteiger partial charge in [-0.2, -0.15) is 0 Å². The largest absolute Gasteiger partial charge is 0.481 e. The molecule has 2 rings (SSSR count). The number of benzene rings is 1. The first-order valence-electron chi connectivity index (χ1n) is 6.37. The fraction of sp³-hybridized carbons (Fsp3) is 0.429. The van der Waals surface area contributed by atoms with Crippen molar-refractivity contribution < 1.29 is 14.7 Å². The number of hydrogen-bond acceptors (Lipinski definition) is 2. The van der Waals surface area contributed by atoms with Crippen molar-refractivity contribution in [2.45, 2.75) is 25.7 Å². The van der Waals surface area contributed by atoms with Crippen LogP contribution in [-0.4, -0.2) is 17.0 Å². The lowest BCUT2D eigenvalue weighted by Crippen LogP contribution is -2.36. The number of aliphatic carboxylic acids is 1. The van der Waals surface area contributed by atoms with Crippen molar-refractivity contribution in [1.82, 2.24) is 0 Å². The van der Waals surface area contributed by atoms with E-state index in [9.17, 15) is 9.59 Å². The smallest absolute Gasteiger partial charge is 0.307 e. The zero-order valence-electron chi connectivity index (χ0n) is 10.4. The summed E-state index contributed by atoms with van der Waals surface area (Å²) in [5.41, 5.74) is 0.604. The van der Waals surface area contributed by atoms with Gasteiger partial charge in [-0.15, -0.1) is 0 Å². The summed E-state index contributed by atoms with van der Waals surface area (Å²) in [4.78, 5) is 23.4. The molecule has 1 aromatic carbocycles. The van der Waals surface area contributed by atoms with Crippen LogP contribution >= 0.6 is 11.6 Å². The van der Waals surface area contributed by atoms with Gasteiger partial charge in [0.25, 0.3) is 0 Å². The van der Waals surface area contributed by atoms with Crippen LogP contribution in [0.4, 0.5) is 5.69 Å². The van der Waals surface area contributed by atoms with E-state index in [0.29, 0.717) is 23.6 Å². The second-order valence-electron chi connectivity index (χ2n) is 4.84. The molecule has 19 heavy (non-hydrogen) atoms. The van der Waals surface area contributed by atoms with E-state index in [2.05, 4.69) is 5.32 Å². The van der Waals surface area contributed by atoms with Gasteiger partial charge < -0.3 is 10.4 Å². The number of hydrogen-bond donors (Lipinski definition) is 2. The highest BCUT2D eigenvalue weighted by Gasteiger charge is 2.35. The molecule has 5 heteroatoms. The van der Waals surface area contributed by atoms with Crippen molar-refractivity contribution in [2.75, 3.05) is 5.32 Å². The molecule has 0 unspecified atom stereocenters. The van der Waals surface area contributed by atoms with Crippen LogP contribution in [0.3, 0.4) is 0 Å². The standard InChI is InChI=1S/C14H16ClNO3/c15-9-4-3-5-10(8-9)16-13(17)11-6-1-2-7-12(11)14(18)19/h3-5,8,11-12H,1-2,6-7H2,(H,16,17)(H,18,19)/t11-,12-/m0/s1. The van der Waals surface area contributed by atoms with Gasteiger partial charge in [0, 0.05) is 10.7 Å². The monoisotopic (exact) mass is 281 g/mol. The van der Waals surface area contributed by atoms with Gasteiger partial charge >= 0.3 is 5.97 Å². The highest BCUT2D eigenvalue weighted by molar-refractivity contribution is 6.30. The lowest BCUT2D eigenvalue weighted by atomic mass is 9.78. The van der Waals surface area contributed by atoms with Crippen molar-refractivity contribution in [3.63, 3.8) is 0 Å². The average molecular weight is 282 g/mol. The molecule has 102 valence electrons. The van der Waals surface area contributed by atoms with Gasteiger partial charge in [0.2, 0.25) is 5.91 Å². The van der Waals surface area contributed by atoms with Gasteiger partial charge in [-0.3, -0.25) is 9.59 Å². The third-order valence-corrected chi connectivity index (χ3v) is 3.75. The summed E-state index contributed by atoms with van der Waals surface area (Å²) in [6.45, 7) is 0. The van der Waals surface area contributed by atoms with Gasteiger partial charge in [-0.25, -0.2) is 0 Å². The summed E-state index contributed by atoms with van der Waals surface area (Å²) < 4.78 is 0. The second-order valence-corrected chi connectivity index (χ2v) is 5.27. The molecule has 0 saturated heterocycles. The second kappa shape index (κ2) is 6.06. The molecule has 1 aromatic rings. The third-order valence-electron chi connectivity index (χ3n) is 3.51. The summed E-state index contributed by atoms with van der Waals surface area (Å²) in [6.07, 6.45) is 2.97. The summed E-state index contributed by atoms with van der Waals surface area (Å²) in [5, 5.41) is 12.5. The van der Waals surface area contributed by atoms with Crippen LogP contribution in [0.1, 0.15) is 25.7 Å². The maximum Gasteiger partial charge on any atom is 0.307 e. The first kappa shape index (κ1) is 13.9. The van der Waals surface area contributed by atoms with E-state index in [1.807, 2.05) is 0 Å². The van der Waals surface area contributed by atoms with Crippen molar-refractivity contribution in [2.24, 2.45) is 11.8 Å². The number of amides is 1. The lowest BCUT2D eigenvalue weighted by Gasteiger charge is -2.27. The molecule has 4 nitrogen and oxygen atoms in total. The molecule has 1 aliphatic rings. The molecule has 1 fully saturated rings. The Morgan fingerprint density at radius 2 is 1.89 bits per heavy atom. The third kappa shape index (κ3) is 3.47. The number of rotatable bonds is 3. The summed E-state index contributed by atoms with van der Waals surface area (Å²) in [5.74, 6) is -2.14. The van der Waals surface area contributed by atoms with Gasteiger partial charge in [-0.05, 0) is 31.0 Å². The summed E-state index contributed by atoms with van der Waals surface area (Å²) in [6, 6.07) is 6.85. The van der Waals surface area contributed by atoms with Gasteiger partial charge in [-0.1, -0.05) is 30.5 Å². The van der Waals surface area contributed by atoms with Gasteiger partial charge in [0.1, 0.15) is 0 Å². The van der Waals surface area contributed by atoms with Crippen LogP contribution in [0.2, 0.25) is 5.02 Å². The van der Waals surface area contributed by atoms with Crippen LogP contribution in [0.15, 0.2) is 24.3 Å². The first-order valence-corrected chi connectivity index (χ1v) is 6.75. The Morgan fingerprint density at radius 3 is 2.53 bits per heavy atom.